The molecule has 0 aromatic carbocycles. The van der Waals surface area contributed by atoms with Crippen molar-refractivity contribution in [1.29, 1.82) is 0 Å². The van der Waals surface area contributed by atoms with Gasteiger partial charge < -0.3 is 5.92 Å². The molecule has 0 heterocycles. The topological polar surface area (TPSA) is 0 Å². The average Bonchev–Trinajstić information content (AvgIpc) is 1.90. The van der Waals surface area contributed by atoms with Crippen LogP contribution in [0, 0.1) is 5.92 Å². The fourth-order valence-electron chi connectivity index (χ4n) is 0.862. The van der Waals surface area contributed by atoms with Crippen molar-refractivity contribution < 1.29 is 18.9 Å². The van der Waals surface area contributed by atoms with Gasteiger partial charge in [-0.15, -0.1) is 38.0 Å². The summed E-state index contributed by atoms with van der Waals surface area (Å²) in [6.07, 6.45) is 8.71. The summed E-state index contributed by atoms with van der Waals surface area (Å²) in [6.45, 7) is 11.0. The summed E-state index contributed by atoms with van der Waals surface area (Å²) in [5.74, 6) is 1.43. The summed E-state index contributed by atoms with van der Waals surface area (Å²) in [5.41, 5.74) is 0. The molecule has 0 spiro atoms. The Balaban J connectivity index is 0. The SMILES string of the molecule is C=CC[C-](CC=C)CC=C.[Li+]. The Morgan fingerprint density at radius 2 is 1.09 bits per heavy atom. The zero-order chi connectivity index (χ0) is 7.82. The van der Waals surface area contributed by atoms with Crippen LogP contribution >= 0.6 is 0 Å². The Hall–Kier alpha value is -0.183. The van der Waals surface area contributed by atoms with Crippen LogP contribution < -0.4 is 18.9 Å². The summed E-state index contributed by atoms with van der Waals surface area (Å²) < 4.78 is 0. The van der Waals surface area contributed by atoms with Gasteiger partial charge in [-0.1, -0.05) is 0 Å². The monoisotopic (exact) mass is 142 g/mol. The third-order valence-corrected chi connectivity index (χ3v) is 1.30. The van der Waals surface area contributed by atoms with Crippen molar-refractivity contribution in [1.82, 2.24) is 0 Å². The summed E-state index contributed by atoms with van der Waals surface area (Å²) >= 11 is 0. The molecule has 0 atom stereocenters. The largest absolute Gasteiger partial charge is 1.00 e. The van der Waals surface area contributed by atoms with Crippen molar-refractivity contribution in [2.75, 3.05) is 0 Å². The van der Waals surface area contributed by atoms with Crippen molar-refractivity contribution in [3.63, 3.8) is 0 Å². The maximum atomic E-state index is 3.68. The van der Waals surface area contributed by atoms with E-state index in [9.17, 15) is 0 Å². The third kappa shape index (κ3) is 7.72. The molecule has 0 unspecified atom stereocenters. The maximum Gasteiger partial charge on any atom is 1.00 e. The van der Waals surface area contributed by atoms with Crippen LogP contribution in [0.2, 0.25) is 0 Å². The molecule has 0 amide bonds. The van der Waals surface area contributed by atoms with Crippen molar-refractivity contribution in [3.8, 4) is 0 Å². The molecule has 1 heteroatoms. The van der Waals surface area contributed by atoms with Gasteiger partial charge in [-0.3, -0.25) is 0 Å². The number of rotatable bonds is 6. The van der Waals surface area contributed by atoms with E-state index < -0.39 is 0 Å². The van der Waals surface area contributed by atoms with Crippen LogP contribution in [0.25, 0.3) is 0 Å². The zero-order valence-corrected chi connectivity index (χ0v) is 7.47. The molecule has 0 saturated carbocycles. The van der Waals surface area contributed by atoms with Crippen LogP contribution in [0.1, 0.15) is 19.3 Å². The molecule has 56 valence electrons. The first kappa shape index (κ1) is 13.4. The van der Waals surface area contributed by atoms with E-state index in [2.05, 4.69) is 19.7 Å². The van der Waals surface area contributed by atoms with E-state index in [1.54, 1.807) is 0 Å². The van der Waals surface area contributed by atoms with E-state index in [0.29, 0.717) is 0 Å². The van der Waals surface area contributed by atoms with Crippen LogP contribution in [0.4, 0.5) is 0 Å². The van der Waals surface area contributed by atoms with Crippen LogP contribution in [0.5, 0.6) is 0 Å². The molecule has 0 aliphatic carbocycles. The molecular weight excluding hydrogens is 127 g/mol. The Morgan fingerprint density at radius 1 is 0.818 bits per heavy atom. The van der Waals surface area contributed by atoms with Gasteiger partial charge >= 0.3 is 18.9 Å². The van der Waals surface area contributed by atoms with Crippen molar-refractivity contribution in [3.05, 3.63) is 43.9 Å². The van der Waals surface area contributed by atoms with Gasteiger partial charge in [0, 0.05) is 0 Å². The van der Waals surface area contributed by atoms with Crippen LogP contribution in [-0.2, 0) is 0 Å². The van der Waals surface area contributed by atoms with E-state index in [4.69, 9.17) is 0 Å². The molecule has 0 aromatic rings. The normalized spacial score (nSPS) is 8.45. The van der Waals surface area contributed by atoms with Gasteiger partial charge in [0.2, 0.25) is 0 Å². The molecule has 0 aliphatic heterocycles. The third-order valence-electron chi connectivity index (χ3n) is 1.30. The van der Waals surface area contributed by atoms with Gasteiger partial charge in [-0.25, -0.2) is 0 Å². The fraction of sp³-hybridized carbons (Fsp3) is 0.300. The van der Waals surface area contributed by atoms with Crippen LogP contribution in [0.3, 0.4) is 0 Å². The van der Waals surface area contributed by atoms with Gasteiger partial charge in [0.1, 0.15) is 0 Å². The standard InChI is InChI=1S/C10H15.Li/c1-4-7-10(8-5-2)9-6-3;/h4-6H,1-3,7-9H2;/q-1;+1. The second kappa shape index (κ2) is 9.82. The van der Waals surface area contributed by atoms with E-state index in [1.165, 1.54) is 5.92 Å². The smallest absolute Gasteiger partial charge is 0.303 e. The number of hydrogen-bond donors (Lipinski definition) is 0. The number of hydrogen-bond acceptors (Lipinski definition) is 0. The van der Waals surface area contributed by atoms with E-state index in [0.717, 1.165) is 19.3 Å². The Labute approximate surface area is 82.3 Å². The second-order valence-electron chi connectivity index (χ2n) is 2.23. The van der Waals surface area contributed by atoms with E-state index >= 15 is 0 Å². The molecule has 0 nitrogen and oxygen atoms in total. The molecule has 0 rings (SSSR count). The quantitative estimate of drug-likeness (QED) is 0.284. The van der Waals surface area contributed by atoms with Crippen LogP contribution in [0.15, 0.2) is 38.0 Å². The summed E-state index contributed by atoms with van der Waals surface area (Å²) in [6, 6.07) is 0. The van der Waals surface area contributed by atoms with Gasteiger partial charge in [0.15, 0.2) is 0 Å². The minimum atomic E-state index is 0. The first-order valence-electron chi connectivity index (χ1n) is 3.51. The molecular formula is C10H15Li. The molecule has 0 N–H and O–H groups in total. The Bertz CT molecular complexity index is 92.3. The second-order valence-corrected chi connectivity index (χ2v) is 2.23. The Morgan fingerprint density at radius 3 is 1.27 bits per heavy atom. The van der Waals surface area contributed by atoms with Gasteiger partial charge in [-0.2, -0.15) is 19.3 Å². The van der Waals surface area contributed by atoms with Crippen molar-refractivity contribution >= 4 is 0 Å². The van der Waals surface area contributed by atoms with Crippen LogP contribution in [-0.4, -0.2) is 0 Å². The van der Waals surface area contributed by atoms with E-state index in [1.807, 2.05) is 18.2 Å². The molecule has 0 aliphatic rings. The molecule has 11 heavy (non-hydrogen) atoms. The van der Waals surface area contributed by atoms with Gasteiger partial charge in [0.25, 0.3) is 0 Å². The first-order valence-corrected chi connectivity index (χ1v) is 3.51. The molecule has 0 saturated heterocycles. The molecule has 0 aromatic heterocycles. The molecule has 0 bridgehead atoms. The predicted molar refractivity (Wildman–Crippen MR) is 47.7 cm³/mol. The summed E-state index contributed by atoms with van der Waals surface area (Å²) in [7, 11) is 0. The van der Waals surface area contributed by atoms with Gasteiger partial charge in [0.05, 0.1) is 0 Å². The minimum absolute atomic E-state index is 0. The van der Waals surface area contributed by atoms with E-state index in [-0.39, 0.29) is 18.9 Å². The fourth-order valence-corrected chi connectivity index (χ4v) is 0.862. The zero-order valence-electron chi connectivity index (χ0n) is 7.47. The van der Waals surface area contributed by atoms with Gasteiger partial charge in [-0.05, 0) is 0 Å². The minimum Gasteiger partial charge on any atom is -0.303 e. The number of allylic oxidation sites excluding steroid dienone is 3. The maximum absolute atomic E-state index is 3.68. The average molecular weight is 142 g/mol. The molecule has 0 radical (unpaired) electrons. The first-order chi connectivity index (χ1) is 4.85. The summed E-state index contributed by atoms with van der Waals surface area (Å²) in [4.78, 5) is 0. The predicted octanol–water partition coefficient (Wildman–Crippen LogP) is 0.293. The van der Waals surface area contributed by atoms with Crippen molar-refractivity contribution in [2.45, 2.75) is 19.3 Å². The summed E-state index contributed by atoms with van der Waals surface area (Å²) in [5, 5.41) is 0. The molecule has 0 fully saturated rings. The van der Waals surface area contributed by atoms with Crippen molar-refractivity contribution in [2.24, 2.45) is 0 Å². The Kier molecular flexibility index (Phi) is 12.0.